The van der Waals surface area contributed by atoms with Gasteiger partial charge in [0.05, 0.1) is 34.5 Å². The van der Waals surface area contributed by atoms with E-state index in [0.717, 1.165) is 72.5 Å². The van der Waals surface area contributed by atoms with Gasteiger partial charge in [-0.15, -0.1) is 0 Å². The minimum absolute atomic E-state index is 0.472. The van der Waals surface area contributed by atoms with Crippen molar-refractivity contribution in [3.63, 3.8) is 0 Å². The molecule has 13 aromatic rings. The molecule has 9 aromatic carbocycles. The lowest BCUT2D eigenvalue weighted by molar-refractivity contribution is 0.786. The highest BCUT2D eigenvalue weighted by molar-refractivity contribution is 6.28. The number of nitrogens with zero attached hydrogens (tertiary/aromatic N) is 6. The van der Waals surface area contributed by atoms with E-state index >= 15 is 0 Å². The van der Waals surface area contributed by atoms with Gasteiger partial charge in [0.1, 0.15) is 0 Å². The average molecular weight is 883 g/mol. The molecule has 0 aliphatic heterocycles. The molecule has 0 saturated carbocycles. The fourth-order valence-corrected chi connectivity index (χ4v) is 9.98. The molecule has 0 aliphatic rings. The van der Waals surface area contributed by atoms with Crippen molar-refractivity contribution < 1.29 is 0 Å². The van der Waals surface area contributed by atoms with E-state index in [9.17, 15) is 0 Å². The quantitative estimate of drug-likeness (QED) is 0.145. The average Bonchev–Trinajstić information content (AvgIpc) is 3.94. The predicted molar refractivity (Wildman–Crippen MR) is 283 cm³/mol. The summed E-state index contributed by atoms with van der Waals surface area (Å²) in [5.41, 5.74) is 16.2. The maximum absolute atomic E-state index is 5.22. The topological polar surface area (TPSA) is 61.4 Å². The van der Waals surface area contributed by atoms with Crippen LogP contribution < -0.4 is 0 Å². The van der Waals surface area contributed by atoms with Crippen molar-refractivity contribution >= 4 is 43.6 Å². The Morgan fingerprint density at radius 3 is 1.32 bits per heavy atom. The van der Waals surface area contributed by atoms with Crippen molar-refractivity contribution in [3.8, 4) is 73.2 Å². The van der Waals surface area contributed by atoms with E-state index in [4.69, 9.17) is 19.9 Å². The second-order valence-corrected chi connectivity index (χ2v) is 17.4. The van der Waals surface area contributed by atoms with Gasteiger partial charge in [0.25, 0.3) is 0 Å². The van der Waals surface area contributed by atoms with Gasteiger partial charge in [-0.25, -0.2) is 19.9 Å². The normalized spacial score (nSPS) is 11.5. The summed E-state index contributed by atoms with van der Waals surface area (Å²) in [6, 6.07) is 85.5. The lowest BCUT2D eigenvalue weighted by Crippen LogP contribution is -2.08. The maximum Gasteiger partial charge on any atom is 0.163 e. The highest BCUT2D eigenvalue weighted by atomic mass is 15.1. The number of fused-ring (bicyclic) bond motifs is 7. The third-order valence-electron chi connectivity index (χ3n) is 13.3. The van der Waals surface area contributed by atoms with Crippen LogP contribution in [-0.2, 0) is 6.54 Å². The van der Waals surface area contributed by atoms with Crippen molar-refractivity contribution in [1.29, 1.82) is 0 Å². The van der Waals surface area contributed by atoms with Gasteiger partial charge >= 0.3 is 0 Å². The molecule has 4 heterocycles. The van der Waals surface area contributed by atoms with Crippen molar-refractivity contribution in [2.75, 3.05) is 0 Å². The Hall–Kier alpha value is -9.26. The van der Waals surface area contributed by atoms with Crippen molar-refractivity contribution in [1.82, 2.24) is 29.1 Å². The van der Waals surface area contributed by atoms with Gasteiger partial charge in [0.2, 0.25) is 0 Å². The molecule has 0 radical (unpaired) electrons. The molecule has 0 unspecified atom stereocenters. The second-order valence-electron chi connectivity index (χ2n) is 17.4. The molecule has 6 heteroatoms. The summed E-state index contributed by atoms with van der Waals surface area (Å²) < 4.78 is 4.78. The molecule has 0 fully saturated rings. The molecule has 6 nitrogen and oxygen atoms in total. The Balaban J connectivity index is 0.922. The van der Waals surface area contributed by atoms with Crippen LogP contribution in [0.15, 0.2) is 243 Å². The fourth-order valence-electron chi connectivity index (χ4n) is 9.98. The van der Waals surface area contributed by atoms with Gasteiger partial charge in [-0.05, 0) is 70.8 Å². The number of pyridine rings is 1. The number of rotatable bonds is 9. The second kappa shape index (κ2) is 16.9. The molecule has 0 spiro atoms. The van der Waals surface area contributed by atoms with Gasteiger partial charge in [-0.1, -0.05) is 194 Å². The summed E-state index contributed by atoms with van der Waals surface area (Å²) >= 11 is 0. The van der Waals surface area contributed by atoms with Crippen LogP contribution in [0, 0.1) is 0 Å². The monoisotopic (exact) mass is 882 g/mol. The molecule has 0 aliphatic carbocycles. The van der Waals surface area contributed by atoms with Crippen LogP contribution in [0.25, 0.3) is 117 Å². The SMILES string of the molecule is c1ccc(-c2ccc(-c3cc(-c4ccc(-n5c6ccccc6c6c7c8ccccc8n(Cc8nc(-c9ccccc9)nc(-c9ccccc9)n8)c7ccc65)cc4)cc(-c4ccccc4)n3)cc2)cc1. The Kier molecular flexibility index (Phi) is 9.79. The van der Waals surface area contributed by atoms with Crippen LogP contribution in [0.5, 0.6) is 0 Å². The third-order valence-corrected chi connectivity index (χ3v) is 13.3. The van der Waals surface area contributed by atoms with Crippen LogP contribution in [0.4, 0.5) is 0 Å². The van der Waals surface area contributed by atoms with E-state index in [1.54, 1.807) is 0 Å². The molecule has 0 saturated heterocycles. The summed E-state index contributed by atoms with van der Waals surface area (Å²) in [6.07, 6.45) is 0. The van der Waals surface area contributed by atoms with E-state index in [0.29, 0.717) is 24.0 Å². The van der Waals surface area contributed by atoms with Crippen molar-refractivity contribution in [2.24, 2.45) is 0 Å². The van der Waals surface area contributed by atoms with Gasteiger partial charge < -0.3 is 9.13 Å². The zero-order chi connectivity index (χ0) is 45.7. The Bertz CT molecular complexity index is 3940. The zero-order valence-electron chi connectivity index (χ0n) is 37.5. The minimum Gasteiger partial charge on any atom is -0.333 e. The van der Waals surface area contributed by atoms with E-state index in [1.165, 1.54) is 32.7 Å². The smallest absolute Gasteiger partial charge is 0.163 e. The van der Waals surface area contributed by atoms with Gasteiger partial charge in [0.15, 0.2) is 17.5 Å². The molecule has 69 heavy (non-hydrogen) atoms. The number of benzene rings is 9. The lowest BCUT2D eigenvalue weighted by atomic mass is 9.98. The first-order valence-electron chi connectivity index (χ1n) is 23.3. The first kappa shape index (κ1) is 40.1. The van der Waals surface area contributed by atoms with Crippen LogP contribution in [0.1, 0.15) is 5.82 Å². The lowest BCUT2D eigenvalue weighted by Gasteiger charge is -2.13. The summed E-state index contributed by atoms with van der Waals surface area (Å²) in [5.74, 6) is 2.02. The summed E-state index contributed by atoms with van der Waals surface area (Å²) in [6.45, 7) is 0.472. The van der Waals surface area contributed by atoms with E-state index in [2.05, 4.69) is 209 Å². The van der Waals surface area contributed by atoms with Crippen LogP contribution >= 0.6 is 0 Å². The summed E-state index contributed by atoms with van der Waals surface area (Å²) in [7, 11) is 0. The van der Waals surface area contributed by atoms with E-state index in [1.807, 2.05) is 42.5 Å². The summed E-state index contributed by atoms with van der Waals surface area (Å²) in [4.78, 5) is 20.4. The highest BCUT2D eigenvalue weighted by Gasteiger charge is 2.21. The molecule has 4 aromatic heterocycles. The Morgan fingerprint density at radius 2 is 0.710 bits per heavy atom. The van der Waals surface area contributed by atoms with Crippen LogP contribution in [-0.4, -0.2) is 29.1 Å². The van der Waals surface area contributed by atoms with E-state index in [-0.39, 0.29) is 0 Å². The van der Waals surface area contributed by atoms with Gasteiger partial charge in [-0.2, -0.15) is 0 Å². The predicted octanol–water partition coefficient (Wildman–Crippen LogP) is 15.5. The zero-order valence-corrected chi connectivity index (χ0v) is 37.5. The first-order chi connectivity index (χ1) is 34.2. The van der Waals surface area contributed by atoms with Gasteiger partial charge in [-0.3, -0.25) is 0 Å². The number of aromatic nitrogens is 6. The molecular formula is C63H42N6. The molecule has 0 atom stereocenters. The highest BCUT2D eigenvalue weighted by Crippen LogP contribution is 2.42. The molecule has 0 N–H and O–H groups in total. The molecule has 324 valence electrons. The number of para-hydroxylation sites is 2. The van der Waals surface area contributed by atoms with Crippen molar-refractivity contribution in [3.05, 3.63) is 248 Å². The first-order valence-corrected chi connectivity index (χ1v) is 23.3. The Morgan fingerprint density at radius 1 is 0.290 bits per heavy atom. The molecular weight excluding hydrogens is 841 g/mol. The molecule has 0 bridgehead atoms. The Labute approximate surface area is 399 Å². The van der Waals surface area contributed by atoms with Crippen LogP contribution in [0.2, 0.25) is 0 Å². The third kappa shape index (κ3) is 7.23. The van der Waals surface area contributed by atoms with Crippen molar-refractivity contribution in [2.45, 2.75) is 6.54 Å². The summed E-state index contributed by atoms with van der Waals surface area (Å²) in [5, 5.41) is 4.82. The van der Waals surface area contributed by atoms with Gasteiger partial charge in [0, 0.05) is 55.0 Å². The van der Waals surface area contributed by atoms with Crippen LogP contribution in [0.3, 0.4) is 0 Å². The molecule has 13 rings (SSSR count). The standard InChI is InChI=1S/C63H42N6/c1-5-17-42(18-6-1)43-29-31-46(32-30-43)54-40-49(39-53(64-54)45-19-7-2-8-20-45)44-33-35-50(36-34-44)69-56-28-16-14-26-52(56)61-58(69)38-37-57-60(61)51-25-13-15-27-55(51)68(57)41-59-65-62(47-21-9-3-10-22-47)67-63(66-59)48-23-11-4-12-24-48/h1-40H,41H2. The number of hydrogen-bond donors (Lipinski definition) is 0. The maximum atomic E-state index is 5.22. The van der Waals surface area contributed by atoms with E-state index < -0.39 is 0 Å². The molecule has 0 amide bonds. The number of hydrogen-bond acceptors (Lipinski definition) is 4. The minimum atomic E-state index is 0.472. The fraction of sp³-hybridized carbons (Fsp3) is 0.0159. The largest absolute Gasteiger partial charge is 0.333 e.